The molecule has 0 aliphatic carbocycles. The molecule has 0 unspecified atom stereocenters. The van der Waals surface area contributed by atoms with E-state index < -0.39 is 10.0 Å². The molecule has 1 aromatic rings. The van der Waals surface area contributed by atoms with Gasteiger partial charge in [-0.2, -0.15) is 0 Å². The van der Waals surface area contributed by atoms with Crippen molar-refractivity contribution in [3.05, 3.63) is 23.2 Å². The molecular formula is C15H24ClN3O2S. The third-order valence-corrected chi connectivity index (χ3v) is 4.49. The van der Waals surface area contributed by atoms with Crippen molar-refractivity contribution in [2.45, 2.75) is 13.8 Å². The molecule has 0 radical (unpaired) electrons. The zero-order valence-corrected chi connectivity index (χ0v) is 14.9. The maximum Gasteiger partial charge on any atom is 0.229 e. The van der Waals surface area contributed by atoms with Crippen molar-refractivity contribution in [2.75, 3.05) is 48.6 Å². The number of benzene rings is 1. The number of hydrogen-bond donors (Lipinski definition) is 1. The van der Waals surface area contributed by atoms with Gasteiger partial charge in [-0.3, -0.25) is 9.62 Å². The Morgan fingerprint density at radius 1 is 1.23 bits per heavy atom. The summed E-state index contributed by atoms with van der Waals surface area (Å²) in [6.45, 7) is 9.13. The van der Waals surface area contributed by atoms with E-state index in [0.29, 0.717) is 16.6 Å². The number of sulfonamides is 1. The van der Waals surface area contributed by atoms with Crippen LogP contribution in [0.1, 0.15) is 13.8 Å². The Bertz CT molecular complexity index is 611. The number of nitrogens with zero attached hydrogens (tertiary/aromatic N) is 2. The van der Waals surface area contributed by atoms with Gasteiger partial charge in [0.2, 0.25) is 10.0 Å². The van der Waals surface area contributed by atoms with Gasteiger partial charge in [-0.05, 0) is 18.1 Å². The largest absolute Gasteiger partial charge is 0.366 e. The second-order valence-electron chi connectivity index (χ2n) is 6.19. The summed E-state index contributed by atoms with van der Waals surface area (Å²) in [5.41, 5.74) is 1.33. The van der Waals surface area contributed by atoms with Gasteiger partial charge < -0.3 is 4.90 Å². The van der Waals surface area contributed by atoms with Crippen LogP contribution in [-0.2, 0) is 10.0 Å². The van der Waals surface area contributed by atoms with Gasteiger partial charge in [0.25, 0.3) is 0 Å². The molecule has 1 heterocycles. The van der Waals surface area contributed by atoms with Crippen LogP contribution in [0.4, 0.5) is 11.4 Å². The standard InChI is InChI=1S/C15H24ClN3O2S/c1-12(2)11-18-7-9-19(10-8-18)15-13(16)5-4-6-14(15)17-22(3,20)21/h4-6,12,17H,7-11H2,1-3H3. The molecule has 1 fully saturated rings. The lowest BCUT2D eigenvalue weighted by molar-refractivity contribution is 0.231. The van der Waals surface area contributed by atoms with Crippen molar-refractivity contribution < 1.29 is 8.42 Å². The molecule has 0 atom stereocenters. The fourth-order valence-corrected chi connectivity index (χ4v) is 3.65. The van der Waals surface area contributed by atoms with Gasteiger partial charge in [-0.1, -0.05) is 31.5 Å². The number of piperazine rings is 1. The van der Waals surface area contributed by atoms with E-state index in [1.54, 1.807) is 18.2 Å². The van der Waals surface area contributed by atoms with Crippen LogP contribution in [0.25, 0.3) is 0 Å². The van der Waals surface area contributed by atoms with Crippen molar-refractivity contribution in [1.29, 1.82) is 0 Å². The van der Waals surface area contributed by atoms with E-state index in [0.717, 1.165) is 44.7 Å². The summed E-state index contributed by atoms with van der Waals surface area (Å²) < 4.78 is 25.6. The van der Waals surface area contributed by atoms with E-state index >= 15 is 0 Å². The highest BCUT2D eigenvalue weighted by Crippen LogP contribution is 2.35. The molecule has 0 spiro atoms. The monoisotopic (exact) mass is 345 g/mol. The predicted octanol–water partition coefficient (Wildman–Crippen LogP) is 2.49. The highest BCUT2D eigenvalue weighted by molar-refractivity contribution is 7.92. The molecule has 1 aromatic carbocycles. The van der Waals surface area contributed by atoms with Crippen LogP contribution in [0, 0.1) is 5.92 Å². The SMILES string of the molecule is CC(C)CN1CCN(c2c(Cl)cccc2NS(C)(=O)=O)CC1. The van der Waals surface area contributed by atoms with E-state index in [1.165, 1.54) is 0 Å². The highest BCUT2D eigenvalue weighted by atomic mass is 35.5. The zero-order chi connectivity index (χ0) is 16.3. The van der Waals surface area contributed by atoms with Crippen LogP contribution in [0.15, 0.2) is 18.2 Å². The normalized spacial score (nSPS) is 17.0. The molecule has 0 aromatic heterocycles. The molecule has 1 aliphatic rings. The van der Waals surface area contributed by atoms with Gasteiger partial charge in [0, 0.05) is 32.7 Å². The van der Waals surface area contributed by atoms with Crippen molar-refractivity contribution in [1.82, 2.24) is 4.90 Å². The summed E-state index contributed by atoms with van der Waals surface area (Å²) in [5, 5.41) is 0.575. The van der Waals surface area contributed by atoms with Crippen LogP contribution in [0.3, 0.4) is 0 Å². The number of hydrogen-bond acceptors (Lipinski definition) is 4. The Kier molecular flexibility index (Phi) is 5.58. The van der Waals surface area contributed by atoms with Gasteiger partial charge >= 0.3 is 0 Å². The van der Waals surface area contributed by atoms with Crippen molar-refractivity contribution in [3.8, 4) is 0 Å². The molecule has 0 amide bonds. The summed E-state index contributed by atoms with van der Waals surface area (Å²) in [4.78, 5) is 4.59. The van der Waals surface area contributed by atoms with Crippen LogP contribution in [-0.4, -0.2) is 52.3 Å². The van der Waals surface area contributed by atoms with Crippen LogP contribution < -0.4 is 9.62 Å². The first kappa shape index (κ1) is 17.4. The Balaban J connectivity index is 2.16. The number of anilines is 2. The molecule has 7 heteroatoms. The Labute approximate surface area is 138 Å². The van der Waals surface area contributed by atoms with Crippen molar-refractivity contribution >= 4 is 33.0 Å². The van der Waals surface area contributed by atoms with E-state index in [9.17, 15) is 8.42 Å². The van der Waals surface area contributed by atoms with Crippen LogP contribution in [0.2, 0.25) is 5.02 Å². The Morgan fingerprint density at radius 3 is 2.41 bits per heavy atom. The lowest BCUT2D eigenvalue weighted by Gasteiger charge is -2.38. The minimum atomic E-state index is -3.33. The Morgan fingerprint density at radius 2 is 1.86 bits per heavy atom. The van der Waals surface area contributed by atoms with Gasteiger partial charge in [0.1, 0.15) is 0 Å². The average Bonchev–Trinajstić information content (AvgIpc) is 2.38. The second-order valence-corrected chi connectivity index (χ2v) is 8.35. The minimum Gasteiger partial charge on any atom is -0.366 e. The molecular weight excluding hydrogens is 322 g/mol. The lowest BCUT2D eigenvalue weighted by Crippen LogP contribution is -2.47. The second kappa shape index (κ2) is 7.06. The first-order chi connectivity index (χ1) is 10.3. The Hall–Kier alpha value is -0.980. The fourth-order valence-electron chi connectivity index (χ4n) is 2.79. The molecule has 124 valence electrons. The number of para-hydroxylation sites is 1. The summed E-state index contributed by atoms with van der Waals surface area (Å²) in [5.74, 6) is 0.648. The molecule has 0 bridgehead atoms. The molecule has 2 rings (SSSR count). The number of nitrogens with one attached hydrogen (secondary N) is 1. The molecule has 22 heavy (non-hydrogen) atoms. The third kappa shape index (κ3) is 4.76. The van der Waals surface area contributed by atoms with Gasteiger partial charge in [-0.15, -0.1) is 0 Å². The third-order valence-electron chi connectivity index (χ3n) is 3.59. The quantitative estimate of drug-likeness (QED) is 0.890. The summed E-state index contributed by atoms with van der Waals surface area (Å²) in [6.07, 6.45) is 1.15. The summed E-state index contributed by atoms with van der Waals surface area (Å²) in [7, 11) is -3.33. The topological polar surface area (TPSA) is 52.6 Å². The molecule has 1 N–H and O–H groups in total. The van der Waals surface area contributed by atoms with Gasteiger partial charge in [0.15, 0.2) is 0 Å². The van der Waals surface area contributed by atoms with Crippen molar-refractivity contribution in [2.24, 2.45) is 5.92 Å². The molecule has 0 saturated carbocycles. The van der Waals surface area contributed by atoms with Crippen molar-refractivity contribution in [3.63, 3.8) is 0 Å². The first-order valence-electron chi connectivity index (χ1n) is 7.50. The maximum absolute atomic E-state index is 11.5. The molecule has 1 saturated heterocycles. The lowest BCUT2D eigenvalue weighted by atomic mass is 10.1. The van der Waals surface area contributed by atoms with E-state index in [2.05, 4.69) is 28.4 Å². The van der Waals surface area contributed by atoms with Gasteiger partial charge in [-0.25, -0.2) is 8.42 Å². The van der Waals surface area contributed by atoms with E-state index in [1.807, 2.05) is 0 Å². The smallest absolute Gasteiger partial charge is 0.229 e. The summed E-state index contributed by atoms with van der Waals surface area (Å²) in [6, 6.07) is 5.31. The zero-order valence-electron chi connectivity index (χ0n) is 13.3. The molecule has 5 nitrogen and oxygen atoms in total. The van der Waals surface area contributed by atoms with Gasteiger partial charge in [0.05, 0.1) is 22.7 Å². The molecule has 1 aliphatic heterocycles. The first-order valence-corrected chi connectivity index (χ1v) is 9.77. The predicted molar refractivity (Wildman–Crippen MR) is 93.4 cm³/mol. The average molecular weight is 346 g/mol. The minimum absolute atomic E-state index is 0.548. The van der Waals surface area contributed by atoms with E-state index in [-0.39, 0.29) is 0 Å². The van der Waals surface area contributed by atoms with Crippen LogP contribution >= 0.6 is 11.6 Å². The number of rotatable bonds is 5. The number of halogens is 1. The fraction of sp³-hybridized carbons (Fsp3) is 0.600. The van der Waals surface area contributed by atoms with E-state index in [4.69, 9.17) is 11.6 Å². The van der Waals surface area contributed by atoms with Crippen LogP contribution in [0.5, 0.6) is 0 Å². The highest BCUT2D eigenvalue weighted by Gasteiger charge is 2.22. The maximum atomic E-state index is 11.5. The summed E-state index contributed by atoms with van der Waals surface area (Å²) >= 11 is 6.32.